The number of para-hydroxylation sites is 2. The van der Waals surface area contributed by atoms with Gasteiger partial charge < -0.3 is 19.1 Å². The Morgan fingerprint density at radius 1 is 0.683 bits per heavy atom. The Balaban J connectivity index is 1.13. The third kappa shape index (κ3) is 7.90. The van der Waals surface area contributed by atoms with Crippen LogP contribution in [0.5, 0.6) is 0 Å². The van der Waals surface area contributed by atoms with Crippen LogP contribution in [-0.2, 0) is 48.9 Å². The number of fused-ring (bicyclic) bond motifs is 2. The van der Waals surface area contributed by atoms with Gasteiger partial charge in [-0.25, -0.2) is 0 Å². The highest BCUT2D eigenvalue weighted by Crippen LogP contribution is 2.37. The molecule has 304 valence electrons. The second-order valence-corrected chi connectivity index (χ2v) is 16.3. The van der Waals surface area contributed by atoms with Crippen molar-refractivity contribution in [1.29, 1.82) is 0 Å². The van der Waals surface area contributed by atoms with Crippen molar-refractivity contribution >= 4 is 29.1 Å². The number of amides is 3. The number of carbonyl (C=O) groups excluding carboxylic acids is 3. The van der Waals surface area contributed by atoms with Gasteiger partial charge in [0.1, 0.15) is 0 Å². The lowest BCUT2D eigenvalue weighted by molar-refractivity contribution is -0.131. The minimum Gasteiger partial charge on any atom is -0.379 e. The van der Waals surface area contributed by atoms with Crippen molar-refractivity contribution < 1.29 is 19.1 Å². The maximum Gasteiger partial charge on any atom is 0.264 e. The van der Waals surface area contributed by atoms with Crippen LogP contribution in [0.1, 0.15) is 54.2 Å². The normalized spacial score (nSPS) is 16.5. The zero-order valence-corrected chi connectivity index (χ0v) is 34.4. The Morgan fingerprint density at radius 3 is 2.00 bits per heavy atom. The van der Waals surface area contributed by atoms with Crippen molar-refractivity contribution in [2.75, 3.05) is 44.3 Å². The Labute approximate surface area is 352 Å². The van der Waals surface area contributed by atoms with Crippen molar-refractivity contribution in [1.82, 2.24) is 19.3 Å². The summed E-state index contributed by atoms with van der Waals surface area (Å²) >= 11 is 0. The summed E-state index contributed by atoms with van der Waals surface area (Å²) in [6.45, 7) is 7.29. The summed E-state index contributed by atoms with van der Waals surface area (Å²) in [7, 11) is 1.98. The second-order valence-electron chi connectivity index (χ2n) is 16.3. The number of aromatic nitrogens is 1. The summed E-state index contributed by atoms with van der Waals surface area (Å²) in [6, 6.07) is 43.9. The molecule has 3 aliphatic rings. The minimum atomic E-state index is -0.150. The van der Waals surface area contributed by atoms with Crippen LogP contribution in [0, 0.1) is 6.92 Å². The summed E-state index contributed by atoms with van der Waals surface area (Å²) in [5.74, 6) is -0.122. The molecule has 0 aliphatic carbocycles. The van der Waals surface area contributed by atoms with E-state index in [1.165, 1.54) is 5.56 Å². The van der Waals surface area contributed by atoms with Gasteiger partial charge in [-0.05, 0) is 90.0 Å². The number of hydrogen-bond donors (Lipinski definition) is 0. The van der Waals surface area contributed by atoms with Crippen LogP contribution < -0.4 is 4.90 Å². The maximum absolute atomic E-state index is 15.5. The van der Waals surface area contributed by atoms with E-state index in [1.807, 2.05) is 122 Å². The van der Waals surface area contributed by atoms with Crippen molar-refractivity contribution in [3.05, 3.63) is 178 Å². The predicted octanol–water partition coefficient (Wildman–Crippen LogP) is 8.01. The molecule has 3 amide bonds. The molecule has 0 unspecified atom stereocenters. The van der Waals surface area contributed by atoms with Gasteiger partial charge in [-0.15, -0.1) is 0 Å². The molecule has 1 saturated heterocycles. The molecule has 60 heavy (non-hydrogen) atoms. The standard InChI is InChI=1S/C51H51N5O4/c1-36-45(51(59)56(42-18-8-4-9-19-42)43-20-10-5-11-21-43)32-48(52(36)2)46-30-39-22-23-54(49(57)28-37-14-6-3-7-15-37)33-41(39)31-47(46)50(58)55-34-40-17-13-12-16-38(40)29-44(55)35-53-24-26-60-27-25-53/h3-21,30-32,44H,22-29,33-35H2,1-2H3/t44-/m0/s1. The molecule has 1 aromatic heterocycles. The van der Waals surface area contributed by atoms with Crippen LogP contribution in [-0.4, -0.2) is 82.4 Å². The molecule has 9 nitrogen and oxygen atoms in total. The summed E-state index contributed by atoms with van der Waals surface area (Å²) in [6.07, 6.45) is 1.76. The summed E-state index contributed by atoms with van der Waals surface area (Å²) in [5.41, 5.74) is 10.6. The Morgan fingerprint density at radius 2 is 1.32 bits per heavy atom. The van der Waals surface area contributed by atoms with Crippen LogP contribution in [0.25, 0.3) is 11.3 Å². The highest BCUT2D eigenvalue weighted by atomic mass is 16.5. The average molecular weight is 798 g/mol. The summed E-state index contributed by atoms with van der Waals surface area (Å²) < 4.78 is 7.74. The van der Waals surface area contributed by atoms with Gasteiger partial charge in [-0.1, -0.05) is 91.0 Å². The molecule has 9 rings (SSSR count). The number of carbonyl (C=O) groups is 3. The van der Waals surface area contributed by atoms with Gasteiger partial charge in [0.2, 0.25) is 5.91 Å². The molecule has 9 heteroatoms. The molecular formula is C51H51N5O4. The molecule has 0 spiro atoms. The third-order valence-corrected chi connectivity index (χ3v) is 12.6. The van der Waals surface area contributed by atoms with Crippen LogP contribution in [0.15, 0.2) is 133 Å². The van der Waals surface area contributed by atoms with Gasteiger partial charge >= 0.3 is 0 Å². The summed E-state index contributed by atoms with van der Waals surface area (Å²) in [5, 5.41) is 0. The number of nitrogens with zero attached hydrogens (tertiary/aromatic N) is 5. The number of anilines is 2. The third-order valence-electron chi connectivity index (χ3n) is 12.6. The first-order chi connectivity index (χ1) is 29.3. The first kappa shape index (κ1) is 39.2. The number of benzene rings is 5. The van der Waals surface area contributed by atoms with Crippen LogP contribution >= 0.6 is 0 Å². The van der Waals surface area contributed by atoms with Crippen molar-refractivity contribution in [2.45, 2.75) is 45.3 Å². The molecule has 1 fully saturated rings. The Bertz CT molecular complexity index is 2470. The fraction of sp³-hybridized carbons (Fsp3) is 0.275. The first-order valence-electron chi connectivity index (χ1n) is 21.1. The first-order valence-corrected chi connectivity index (χ1v) is 21.1. The van der Waals surface area contributed by atoms with E-state index in [1.54, 1.807) is 4.90 Å². The molecule has 1 atom stereocenters. The second kappa shape index (κ2) is 17.1. The molecule has 4 heterocycles. The van der Waals surface area contributed by atoms with E-state index in [4.69, 9.17) is 4.74 Å². The number of hydrogen-bond acceptors (Lipinski definition) is 5. The van der Waals surface area contributed by atoms with Gasteiger partial charge in [0.05, 0.1) is 25.2 Å². The van der Waals surface area contributed by atoms with E-state index in [2.05, 4.69) is 44.7 Å². The lowest BCUT2D eigenvalue weighted by Crippen LogP contribution is -2.52. The SMILES string of the molecule is Cc1c(C(=O)N(c2ccccc2)c2ccccc2)cc(-c2cc3c(cc2C(=O)N2Cc4ccccc4C[C@H]2CN2CCOCC2)CN(C(=O)Cc2ccccc2)CC3)n1C. The van der Waals surface area contributed by atoms with Crippen molar-refractivity contribution in [3.63, 3.8) is 0 Å². The number of morpholine rings is 1. The monoisotopic (exact) mass is 797 g/mol. The van der Waals surface area contributed by atoms with Gasteiger partial charge in [-0.2, -0.15) is 0 Å². The zero-order valence-electron chi connectivity index (χ0n) is 34.4. The van der Waals surface area contributed by atoms with E-state index < -0.39 is 0 Å². The summed E-state index contributed by atoms with van der Waals surface area (Å²) in [4.78, 5) is 52.2. The van der Waals surface area contributed by atoms with Gasteiger partial charge in [0, 0.05) is 86.2 Å². The van der Waals surface area contributed by atoms with E-state index >= 15 is 4.79 Å². The van der Waals surface area contributed by atoms with Crippen LogP contribution in [0.3, 0.4) is 0 Å². The molecule has 0 N–H and O–H groups in total. The highest BCUT2D eigenvalue weighted by Gasteiger charge is 2.35. The van der Waals surface area contributed by atoms with E-state index in [-0.39, 0.29) is 23.8 Å². The molecule has 6 aromatic rings. The minimum absolute atomic E-state index is 0.0454. The van der Waals surface area contributed by atoms with E-state index in [0.717, 1.165) is 76.6 Å². The predicted molar refractivity (Wildman–Crippen MR) is 235 cm³/mol. The number of ether oxygens (including phenoxy) is 1. The fourth-order valence-corrected chi connectivity index (χ4v) is 9.15. The van der Waals surface area contributed by atoms with Gasteiger partial charge in [-0.3, -0.25) is 24.2 Å². The van der Waals surface area contributed by atoms with Gasteiger partial charge in [0.15, 0.2) is 0 Å². The lowest BCUT2D eigenvalue weighted by Gasteiger charge is -2.41. The smallest absolute Gasteiger partial charge is 0.264 e. The average Bonchev–Trinajstić information content (AvgIpc) is 3.59. The molecule has 0 bridgehead atoms. The zero-order chi connectivity index (χ0) is 41.2. The molecule has 0 radical (unpaired) electrons. The Kier molecular flexibility index (Phi) is 11.2. The quantitative estimate of drug-likeness (QED) is 0.148. The maximum atomic E-state index is 15.5. The fourth-order valence-electron chi connectivity index (χ4n) is 9.15. The van der Waals surface area contributed by atoms with Gasteiger partial charge in [0.25, 0.3) is 11.8 Å². The van der Waals surface area contributed by atoms with Crippen LogP contribution in [0.4, 0.5) is 11.4 Å². The van der Waals surface area contributed by atoms with Crippen LogP contribution in [0.2, 0.25) is 0 Å². The topological polar surface area (TPSA) is 78.3 Å². The highest BCUT2D eigenvalue weighted by molar-refractivity contribution is 6.12. The van der Waals surface area contributed by atoms with Crippen molar-refractivity contribution in [2.24, 2.45) is 7.05 Å². The van der Waals surface area contributed by atoms with E-state index in [9.17, 15) is 9.59 Å². The lowest BCUT2D eigenvalue weighted by atomic mass is 9.89. The molecule has 0 saturated carbocycles. The molecule has 5 aromatic carbocycles. The van der Waals surface area contributed by atoms with E-state index in [0.29, 0.717) is 56.8 Å². The number of rotatable bonds is 9. The Hall–Kier alpha value is -6.29. The largest absolute Gasteiger partial charge is 0.379 e. The molecule has 3 aliphatic heterocycles. The molecular weight excluding hydrogens is 747 g/mol. The van der Waals surface area contributed by atoms with Crippen molar-refractivity contribution in [3.8, 4) is 11.3 Å².